The monoisotopic (exact) mass is 274 g/mol. The Balaban J connectivity index is 2.64. The number of benzene rings is 1. The van der Waals surface area contributed by atoms with E-state index in [1.807, 2.05) is 19.2 Å². The molecule has 0 aromatic heterocycles. The van der Waals surface area contributed by atoms with Crippen LogP contribution in [0.25, 0.3) is 0 Å². The Hall–Kier alpha value is -0.770. The lowest BCUT2D eigenvalue weighted by molar-refractivity contribution is -0.130. The topological polar surface area (TPSA) is 32.3 Å². The smallest absolute Gasteiger partial charge is 0.223 e. The zero-order valence-corrected chi connectivity index (χ0v) is 11.5. The van der Waals surface area contributed by atoms with Crippen LogP contribution in [0.1, 0.15) is 12.0 Å². The minimum absolute atomic E-state index is 0.0791. The van der Waals surface area contributed by atoms with Gasteiger partial charge in [-0.25, -0.2) is 0 Å². The van der Waals surface area contributed by atoms with E-state index in [-0.39, 0.29) is 5.91 Å². The molecule has 0 heterocycles. The van der Waals surface area contributed by atoms with Gasteiger partial charge >= 0.3 is 0 Å². The van der Waals surface area contributed by atoms with Crippen molar-refractivity contribution in [3.8, 4) is 0 Å². The molecule has 1 aromatic carbocycles. The molecule has 0 unspecified atom stereocenters. The van der Waals surface area contributed by atoms with Gasteiger partial charge in [0.15, 0.2) is 0 Å². The summed E-state index contributed by atoms with van der Waals surface area (Å²) < 4.78 is 0. The Labute approximate surface area is 112 Å². The second-order valence-electron chi connectivity index (χ2n) is 3.82. The fraction of sp³-hybridized carbons (Fsp3) is 0.417. The van der Waals surface area contributed by atoms with Gasteiger partial charge in [0.2, 0.25) is 5.91 Å². The van der Waals surface area contributed by atoms with Gasteiger partial charge in [0.25, 0.3) is 0 Å². The Morgan fingerprint density at radius 3 is 2.76 bits per heavy atom. The molecule has 0 aliphatic rings. The largest absolute Gasteiger partial charge is 0.341 e. The molecule has 0 bridgehead atoms. The zero-order valence-electron chi connectivity index (χ0n) is 9.96. The zero-order chi connectivity index (χ0) is 12.8. The van der Waals surface area contributed by atoms with Gasteiger partial charge in [-0.05, 0) is 18.7 Å². The van der Waals surface area contributed by atoms with E-state index < -0.39 is 0 Å². The van der Waals surface area contributed by atoms with Crippen molar-refractivity contribution in [2.75, 3.05) is 20.6 Å². The summed E-state index contributed by atoms with van der Waals surface area (Å²) in [5, 5.41) is 3.97. The third kappa shape index (κ3) is 4.19. The maximum Gasteiger partial charge on any atom is 0.223 e. The van der Waals surface area contributed by atoms with E-state index in [0.717, 1.165) is 5.56 Å². The summed E-state index contributed by atoms with van der Waals surface area (Å²) in [6, 6.07) is 5.43. The lowest BCUT2D eigenvalue weighted by Gasteiger charge is -2.18. The van der Waals surface area contributed by atoms with Gasteiger partial charge < -0.3 is 10.2 Å². The summed E-state index contributed by atoms with van der Waals surface area (Å²) in [7, 11) is 3.58. The normalized spacial score (nSPS) is 10.4. The number of halogens is 2. The minimum atomic E-state index is 0.0791. The molecule has 3 nitrogen and oxygen atoms in total. The first-order chi connectivity index (χ1) is 8.06. The molecule has 0 saturated heterocycles. The van der Waals surface area contributed by atoms with Crippen molar-refractivity contribution >= 4 is 29.1 Å². The van der Waals surface area contributed by atoms with E-state index in [2.05, 4.69) is 5.32 Å². The van der Waals surface area contributed by atoms with Crippen molar-refractivity contribution in [2.45, 2.75) is 13.0 Å². The summed E-state index contributed by atoms with van der Waals surface area (Å²) in [5.41, 5.74) is 0.861. The number of rotatable bonds is 5. The van der Waals surface area contributed by atoms with Gasteiger partial charge in [0.1, 0.15) is 0 Å². The van der Waals surface area contributed by atoms with Gasteiger partial charge in [0, 0.05) is 26.6 Å². The van der Waals surface area contributed by atoms with Crippen molar-refractivity contribution in [2.24, 2.45) is 0 Å². The average Bonchev–Trinajstić information content (AvgIpc) is 2.31. The van der Waals surface area contributed by atoms with Crippen LogP contribution < -0.4 is 5.32 Å². The third-order valence-corrected chi connectivity index (χ3v) is 3.31. The number of amides is 1. The van der Waals surface area contributed by atoms with Crippen LogP contribution in [0, 0.1) is 0 Å². The SMILES string of the molecule is CNCCC(=O)N(C)Cc1cccc(Cl)c1Cl. The van der Waals surface area contributed by atoms with Crippen LogP contribution in [0.4, 0.5) is 0 Å². The number of hydrogen-bond acceptors (Lipinski definition) is 2. The summed E-state index contributed by atoms with van der Waals surface area (Å²) in [6.45, 7) is 1.15. The van der Waals surface area contributed by atoms with Gasteiger partial charge in [0.05, 0.1) is 10.0 Å². The molecule has 1 amide bonds. The summed E-state index contributed by atoms with van der Waals surface area (Å²) in [6.07, 6.45) is 0.477. The molecule has 0 spiro atoms. The van der Waals surface area contributed by atoms with Crippen LogP contribution >= 0.6 is 23.2 Å². The molecule has 17 heavy (non-hydrogen) atoms. The predicted molar refractivity (Wildman–Crippen MR) is 71.5 cm³/mol. The molecule has 0 aliphatic heterocycles. The van der Waals surface area contributed by atoms with E-state index in [0.29, 0.717) is 29.6 Å². The maximum absolute atomic E-state index is 11.7. The van der Waals surface area contributed by atoms with E-state index in [4.69, 9.17) is 23.2 Å². The van der Waals surface area contributed by atoms with Crippen molar-refractivity contribution in [3.63, 3.8) is 0 Å². The van der Waals surface area contributed by atoms with Gasteiger partial charge in [-0.1, -0.05) is 35.3 Å². The van der Waals surface area contributed by atoms with Gasteiger partial charge in [-0.2, -0.15) is 0 Å². The maximum atomic E-state index is 11.7. The van der Waals surface area contributed by atoms with Crippen LogP contribution in [0.2, 0.25) is 10.0 Å². The summed E-state index contributed by atoms with van der Waals surface area (Å²) in [4.78, 5) is 13.4. The molecule has 0 radical (unpaired) electrons. The number of carbonyl (C=O) groups excluding carboxylic acids is 1. The molecule has 0 aliphatic carbocycles. The van der Waals surface area contributed by atoms with Crippen molar-refractivity contribution in [3.05, 3.63) is 33.8 Å². The van der Waals surface area contributed by atoms with Crippen molar-refractivity contribution in [1.82, 2.24) is 10.2 Å². The molecular weight excluding hydrogens is 259 g/mol. The fourth-order valence-electron chi connectivity index (χ4n) is 1.44. The van der Waals surface area contributed by atoms with Crippen molar-refractivity contribution in [1.29, 1.82) is 0 Å². The van der Waals surface area contributed by atoms with Gasteiger partial charge in [-0.15, -0.1) is 0 Å². The highest BCUT2D eigenvalue weighted by Gasteiger charge is 2.11. The average molecular weight is 275 g/mol. The molecule has 94 valence electrons. The summed E-state index contributed by atoms with van der Waals surface area (Å²) >= 11 is 12.0. The van der Waals surface area contributed by atoms with Crippen LogP contribution in [0.5, 0.6) is 0 Å². The predicted octanol–water partition coefficient (Wildman–Crippen LogP) is 2.56. The van der Waals surface area contributed by atoms with Crippen molar-refractivity contribution < 1.29 is 4.79 Å². The number of carbonyl (C=O) groups is 1. The first kappa shape index (κ1) is 14.3. The molecule has 1 aromatic rings. The Bertz CT molecular complexity index is 396. The molecular formula is C12H16Cl2N2O. The van der Waals surface area contributed by atoms with Crippen LogP contribution in [0.3, 0.4) is 0 Å². The van der Waals surface area contributed by atoms with Crippen LogP contribution in [-0.4, -0.2) is 31.4 Å². The standard InChI is InChI=1S/C12H16Cl2N2O/c1-15-7-6-11(17)16(2)8-9-4-3-5-10(13)12(9)14/h3-5,15H,6-8H2,1-2H3. The Morgan fingerprint density at radius 2 is 2.12 bits per heavy atom. The Kier molecular flexibility index (Phi) is 5.75. The third-order valence-electron chi connectivity index (χ3n) is 2.45. The van der Waals surface area contributed by atoms with E-state index in [1.54, 1.807) is 18.0 Å². The quantitative estimate of drug-likeness (QED) is 0.895. The number of hydrogen-bond donors (Lipinski definition) is 1. The van der Waals surface area contributed by atoms with Crippen LogP contribution in [0.15, 0.2) is 18.2 Å². The second-order valence-corrected chi connectivity index (χ2v) is 4.60. The molecule has 0 atom stereocenters. The highest BCUT2D eigenvalue weighted by atomic mass is 35.5. The lowest BCUT2D eigenvalue weighted by Crippen LogP contribution is -2.28. The van der Waals surface area contributed by atoms with Crippen LogP contribution in [-0.2, 0) is 11.3 Å². The Morgan fingerprint density at radius 1 is 1.41 bits per heavy atom. The van der Waals surface area contributed by atoms with E-state index in [1.165, 1.54) is 0 Å². The first-order valence-corrected chi connectivity index (χ1v) is 6.13. The first-order valence-electron chi connectivity index (χ1n) is 5.37. The lowest BCUT2D eigenvalue weighted by atomic mass is 10.2. The second kappa shape index (κ2) is 6.84. The number of nitrogens with zero attached hydrogens (tertiary/aromatic N) is 1. The van der Waals surface area contributed by atoms with E-state index in [9.17, 15) is 4.79 Å². The van der Waals surface area contributed by atoms with Gasteiger partial charge in [-0.3, -0.25) is 4.79 Å². The molecule has 5 heteroatoms. The number of nitrogens with one attached hydrogen (secondary N) is 1. The molecule has 1 N–H and O–H groups in total. The minimum Gasteiger partial charge on any atom is -0.341 e. The summed E-state index contributed by atoms with van der Waals surface area (Å²) in [5.74, 6) is 0.0791. The fourth-order valence-corrected chi connectivity index (χ4v) is 1.82. The molecule has 0 saturated carbocycles. The molecule has 0 fully saturated rings. The molecule has 1 rings (SSSR count). The van der Waals surface area contributed by atoms with E-state index >= 15 is 0 Å². The highest BCUT2D eigenvalue weighted by molar-refractivity contribution is 6.42. The highest BCUT2D eigenvalue weighted by Crippen LogP contribution is 2.26.